The van der Waals surface area contributed by atoms with Crippen LogP contribution in [-0.4, -0.2) is 16.6 Å². The summed E-state index contributed by atoms with van der Waals surface area (Å²) in [5.41, 5.74) is 9.34. The van der Waals surface area contributed by atoms with Crippen molar-refractivity contribution < 1.29 is 13.9 Å². The SMILES string of the molecule is Cc1cc(C(C)Nc2ccccc2C(=O)OC(C)(C)C)c2oc(C3=C/C(=C/N)N(N)C=C3)cc(=O)c2c1. The Balaban J connectivity index is 1.77. The van der Waals surface area contributed by atoms with Crippen LogP contribution in [0.15, 0.2) is 81.9 Å². The van der Waals surface area contributed by atoms with Crippen LogP contribution in [0.4, 0.5) is 5.69 Å². The Bertz CT molecular complexity index is 1510. The normalized spacial score (nSPS) is 15.6. The van der Waals surface area contributed by atoms with Crippen LogP contribution in [0.25, 0.3) is 16.5 Å². The number of ether oxygens (including phenoxy) is 1. The van der Waals surface area contributed by atoms with E-state index in [1.165, 1.54) is 17.3 Å². The van der Waals surface area contributed by atoms with Crippen molar-refractivity contribution >= 4 is 28.2 Å². The highest BCUT2D eigenvalue weighted by Crippen LogP contribution is 2.32. The second-order valence-electron chi connectivity index (χ2n) is 10.0. The lowest BCUT2D eigenvalue weighted by atomic mass is 10.00. The van der Waals surface area contributed by atoms with Gasteiger partial charge in [0.1, 0.15) is 16.9 Å². The third-order valence-electron chi connectivity index (χ3n) is 5.86. The Hall–Kier alpha value is -4.30. The minimum atomic E-state index is -0.621. The molecule has 192 valence electrons. The van der Waals surface area contributed by atoms with E-state index in [-0.39, 0.29) is 11.5 Å². The predicted molar refractivity (Wildman–Crippen MR) is 146 cm³/mol. The number of nitrogens with zero attached hydrogens (tertiary/aromatic N) is 1. The van der Waals surface area contributed by atoms with E-state index in [0.29, 0.717) is 39.3 Å². The lowest BCUT2D eigenvalue weighted by molar-refractivity contribution is 0.00706. The molecular formula is C29H32N4O4. The van der Waals surface area contributed by atoms with Crippen molar-refractivity contribution in [2.45, 2.75) is 46.3 Å². The van der Waals surface area contributed by atoms with Crippen molar-refractivity contribution in [2.24, 2.45) is 11.6 Å². The average Bonchev–Trinajstić information content (AvgIpc) is 2.83. The lowest BCUT2D eigenvalue weighted by Gasteiger charge is -2.23. The fourth-order valence-corrected chi connectivity index (χ4v) is 4.15. The molecule has 0 fully saturated rings. The zero-order valence-electron chi connectivity index (χ0n) is 21.7. The van der Waals surface area contributed by atoms with Gasteiger partial charge in [-0.15, -0.1) is 0 Å². The molecule has 0 bridgehead atoms. The molecule has 0 amide bonds. The molecule has 0 spiro atoms. The van der Waals surface area contributed by atoms with Crippen molar-refractivity contribution in [1.29, 1.82) is 0 Å². The fourth-order valence-electron chi connectivity index (χ4n) is 4.15. The van der Waals surface area contributed by atoms with Crippen LogP contribution in [-0.2, 0) is 4.74 Å². The molecule has 1 aromatic heterocycles. The van der Waals surface area contributed by atoms with E-state index >= 15 is 0 Å². The number of esters is 1. The molecule has 1 unspecified atom stereocenters. The molecule has 8 heteroatoms. The highest BCUT2D eigenvalue weighted by atomic mass is 16.6. The molecule has 2 heterocycles. The minimum Gasteiger partial charge on any atom is -0.456 e. The third-order valence-corrected chi connectivity index (χ3v) is 5.86. The summed E-state index contributed by atoms with van der Waals surface area (Å²) in [5.74, 6) is 5.87. The molecule has 4 rings (SSSR count). The average molecular weight is 501 g/mol. The quantitative estimate of drug-likeness (QED) is 0.326. The number of nitrogens with two attached hydrogens (primary N) is 2. The van der Waals surface area contributed by atoms with Gasteiger partial charge in [0.15, 0.2) is 5.43 Å². The van der Waals surface area contributed by atoms with E-state index in [2.05, 4.69) is 5.32 Å². The number of hydrogen-bond donors (Lipinski definition) is 3. The first-order valence-corrected chi connectivity index (χ1v) is 12.0. The number of allylic oxidation sites excluding steroid dienone is 3. The van der Waals surface area contributed by atoms with E-state index in [1.54, 1.807) is 30.5 Å². The standard InChI is InChI=1S/C29H32N4O4/c1-17-12-22(18(2)32-24-9-7-6-8-21(24)28(35)37-29(3,4)5)27-23(13-17)25(34)15-26(36-27)19-10-11-33(31)20(14-19)16-30/h6-16,18,32H,30-31H2,1-5H3/b20-16-. The molecule has 2 aromatic carbocycles. The first-order valence-electron chi connectivity index (χ1n) is 12.0. The molecule has 0 aliphatic carbocycles. The number of carbonyl (C=O) groups is 1. The minimum absolute atomic E-state index is 0.162. The summed E-state index contributed by atoms with van der Waals surface area (Å²) in [6, 6.07) is 12.1. The Labute approximate surface area is 215 Å². The first-order chi connectivity index (χ1) is 17.5. The van der Waals surface area contributed by atoms with Gasteiger partial charge in [-0.05, 0) is 70.5 Å². The molecule has 37 heavy (non-hydrogen) atoms. The maximum Gasteiger partial charge on any atom is 0.340 e. The van der Waals surface area contributed by atoms with E-state index in [0.717, 1.165) is 11.1 Å². The lowest BCUT2D eigenvalue weighted by Crippen LogP contribution is -2.25. The first kappa shape index (κ1) is 25.8. The summed E-state index contributed by atoms with van der Waals surface area (Å²) in [6.07, 6.45) is 6.53. The van der Waals surface area contributed by atoms with E-state index < -0.39 is 11.6 Å². The summed E-state index contributed by atoms with van der Waals surface area (Å²) in [5, 5.41) is 5.27. The topological polar surface area (TPSA) is 124 Å². The smallest absolute Gasteiger partial charge is 0.340 e. The number of hydrazine groups is 1. The molecular weight excluding hydrogens is 468 g/mol. The second-order valence-corrected chi connectivity index (χ2v) is 10.0. The zero-order valence-corrected chi connectivity index (χ0v) is 21.7. The van der Waals surface area contributed by atoms with Gasteiger partial charge in [-0.1, -0.05) is 18.2 Å². The van der Waals surface area contributed by atoms with Gasteiger partial charge in [0.25, 0.3) is 0 Å². The summed E-state index contributed by atoms with van der Waals surface area (Å²) in [7, 11) is 0. The maximum absolute atomic E-state index is 13.2. The molecule has 5 N–H and O–H groups in total. The van der Waals surface area contributed by atoms with E-state index in [1.807, 2.05) is 58.9 Å². The monoisotopic (exact) mass is 500 g/mol. The highest BCUT2D eigenvalue weighted by molar-refractivity contribution is 5.96. The number of aryl methyl sites for hydroxylation is 1. The molecule has 1 aliphatic heterocycles. The second kappa shape index (κ2) is 9.99. The molecule has 1 aliphatic rings. The van der Waals surface area contributed by atoms with Crippen LogP contribution in [0, 0.1) is 6.92 Å². The summed E-state index contributed by atoms with van der Waals surface area (Å²) < 4.78 is 11.9. The van der Waals surface area contributed by atoms with Gasteiger partial charge in [-0.3, -0.25) is 9.80 Å². The Kier molecular flexibility index (Phi) is 6.96. The van der Waals surface area contributed by atoms with E-state index in [4.69, 9.17) is 20.7 Å². The van der Waals surface area contributed by atoms with Gasteiger partial charge in [0.2, 0.25) is 0 Å². The number of carbonyl (C=O) groups excluding carboxylic acids is 1. The Morgan fingerprint density at radius 1 is 1.19 bits per heavy atom. The Morgan fingerprint density at radius 2 is 1.92 bits per heavy atom. The van der Waals surface area contributed by atoms with Crippen LogP contribution >= 0.6 is 0 Å². The van der Waals surface area contributed by atoms with Crippen molar-refractivity contribution in [3.05, 3.63) is 105 Å². The Morgan fingerprint density at radius 3 is 2.62 bits per heavy atom. The van der Waals surface area contributed by atoms with Gasteiger partial charge in [-0.2, -0.15) is 0 Å². The number of nitrogens with one attached hydrogen (secondary N) is 1. The fraction of sp³-hybridized carbons (Fsp3) is 0.241. The molecule has 3 aromatic rings. The van der Waals surface area contributed by atoms with Gasteiger partial charge in [-0.25, -0.2) is 10.6 Å². The number of rotatable bonds is 5. The summed E-state index contributed by atoms with van der Waals surface area (Å²) in [4.78, 5) is 26.0. The molecule has 0 saturated carbocycles. The van der Waals surface area contributed by atoms with Crippen molar-refractivity contribution in [3.8, 4) is 0 Å². The van der Waals surface area contributed by atoms with Gasteiger partial charge >= 0.3 is 5.97 Å². The predicted octanol–water partition coefficient (Wildman–Crippen LogP) is 5.12. The highest BCUT2D eigenvalue weighted by Gasteiger charge is 2.22. The molecule has 0 saturated heterocycles. The van der Waals surface area contributed by atoms with Crippen LogP contribution in [0.3, 0.4) is 0 Å². The van der Waals surface area contributed by atoms with Crippen molar-refractivity contribution in [1.82, 2.24) is 5.01 Å². The largest absolute Gasteiger partial charge is 0.456 e. The number of hydrogen-bond acceptors (Lipinski definition) is 8. The van der Waals surface area contributed by atoms with Crippen molar-refractivity contribution in [2.75, 3.05) is 5.32 Å². The van der Waals surface area contributed by atoms with Crippen LogP contribution in [0.1, 0.15) is 61.0 Å². The molecule has 8 nitrogen and oxygen atoms in total. The van der Waals surface area contributed by atoms with Crippen LogP contribution in [0.2, 0.25) is 0 Å². The summed E-state index contributed by atoms with van der Waals surface area (Å²) in [6.45, 7) is 9.37. The van der Waals surface area contributed by atoms with E-state index in [9.17, 15) is 9.59 Å². The van der Waals surface area contributed by atoms with Gasteiger partial charge in [0.05, 0.1) is 22.7 Å². The molecule has 1 atom stereocenters. The third kappa shape index (κ3) is 5.59. The van der Waals surface area contributed by atoms with Crippen LogP contribution in [0.5, 0.6) is 0 Å². The van der Waals surface area contributed by atoms with Gasteiger partial charge in [0, 0.05) is 35.3 Å². The molecule has 0 radical (unpaired) electrons. The van der Waals surface area contributed by atoms with Gasteiger partial charge < -0.3 is 20.2 Å². The van der Waals surface area contributed by atoms with Crippen LogP contribution < -0.4 is 22.3 Å². The zero-order chi connectivity index (χ0) is 26.9. The number of fused-ring (bicyclic) bond motifs is 1. The van der Waals surface area contributed by atoms with Crippen molar-refractivity contribution in [3.63, 3.8) is 0 Å². The number of para-hydroxylation sites is 1. The summed E-state index contributed by atoms with van der Waals surface area (Å²) >= 11 is 0. The number of benzene rings is 2. The maximum atomic E-state index is 13.2. The number of anilines is 1.